The number of aromatic amines is 2. The molecule has 10 N–H and O–H groups in total. The van der Waals surface area contributed by atoms with Gasteiger partial charge in [-0.3, -0.25) is 24.0 Å². The molecule has 2 heterocycles. The van der Waals surface area contributed by atoms with Crippen molar-refractivity contribution >= 4 is 56.9 Å². The van der Waals surface area contributed by atoms with E-state index in [4.69, 9.17) is 17.2 Å². The van der Waals surface area contributed by atoms with Gasteiger partial charge in [0, 0.05) is 66.6 Å². The molecule has 65 heavy (non-hydrogen) atoms. The first-order chi connectivity index (χ1) is 31.4. The monoisotopic (exact) mass is 881 g/mol. The zero-order valence-corrected chi connectivity index (χ0v) is 36.7. The third-order valence-corrected chi connectivity index (χ3v) is 11.9. The van der Waals surface area contributed by atoms with Gasteiger partial charge in [0.05, 0.1) is 31.0 Å². The Hall–Kier alpha value is -6.97. The molecule has 0 spiro atoms. The molecular weight excluding hydrogens is 823 g/mol. The molecule has 2 aromatic heterocycles. The molecule has 4 aromatic carbocycles. The molecule has 0 saturated heterocycles. The largest absolute Gasteiger partial charge is 0.369 e. The van der Waals surface area contributed by atoms with Gasteiger partial charge in [-0.15, -0.1) is 0 Å². The van der Waals surface area contributed by atoms with Crippen LogP contribution in [0.2, 0.25) is 0 Å². The number of Topliss-reactive ketones (excluding diaryl/α,β-unsaturated/α-hetero) is 3. The first kappa shape index (κ1) is 47.5. The highest BCUT2D eigenvalue weighted by Gasteiger charge is 2.32. The minimum atomic E-state index is -1.09. The van der Waals surface area contributed by atoms with Gasteiger partial charge in [-0.05, 0) is 72.7 Å². The maximum absolute atomic E-state index is 14.6. The molecule has 6 aromatic rings. The first-order valence-corrected chi connectivity index (χ1v) is 22.1. The molecule has 0 saturated carbocycles. The number of benzene rings is 4. The van der Waals surface area contributed by atoms with Crippen LogP contribution in [0.25, 0.3) is 21.7 Å². The second-order valence-electron chi connectivity index (χ2n) is 16.8. The normalized spacial score (nSPS) is 13.6. The predicted molar refractivity (Wildman–Crippen MR) is 250 cm³/mol. The van der Waals surface area contributed by atoms with Crippen molar-refractivity contribution in [2.24, 2.45) is 29.0 Å². The lowest BCUT2D eigenvalue weighted by atomic mass is 9.90. The maximum Gasteiger partial charge on any atom is 0.318 e. The number of ketones is 3. The number of hydrogen-bond acceptors (Lipinski definition) is 9. The Bertz CT molecular complexity index is 2550. The van der Waals surface area contributed by atoms with Crippen molar-refractivity contribution in [3.63, 3.8) is 0 Å². The van der Waals surface area contributed by atoms with Gasteiger partial charge in [0.25, 0.3) is 0 Å². The molecule has 340 valence electrons. The van der Waals surface area contributed by atoms with Crippen molar-refractivity contribution in [1.82, 2.24) is 30.5 Å². The van der Waals surface area contributed by atoms with Crippen LogP contribution in [0.3, 0.4) is 0 Å². The molecule has 0 aliphatic heterocycles. The molecular formula is C50H59N9O6. The van der Waals surface area contributed by atoms with Gasteiger partial charge in [0.15, 0.2) is 17.3 Å². The Morgan fingerprint density at radius 3 is 2.17 bits per heavy atom. The SMILES string of the molecule is C[C@H](NC(=O)[C@H](CC(=O)[C@@H](N)Cc1cnc[nH]1)Cc1c[nH]c2ccccc12)C(=O)CN(Cc1cccc2ccccc12)C(=O)N[C@H](Cc1ccccc1)C(=O)C[C@@H](CCCCN)C(N)=O. The molecule has 0 unspecified atom stereocenters. The number of para-hydroxylation sites is 1. The van der Waals surface area contributed by atoms with Crippen molar-refractivity contribution in [2.45, 2.75) is 83.0 Å². The molecule has 0 radical (unpaired) electrons. The van der Waals surface area contributed by atoms with Gasteiger partial charge in [-0.2, -0.15) is 0 Å². The van der Waals surface area contributed by atoms with Crippen molar-refractivity contribution in [3.05, 3.63) is 138 Å². The van der Waals surface area contributed by atoms with Gasteiger partial charge in [-0.25, -0.2) is 9.78 Å². The second-order valence-corrected chi connectivity index (χ2v) is 16.8. The maximum atomic E-state index is 14.6. The van der Waals surface area contributed by atoms with E-state index in [9.17, 15) is 28.8 Å². The number of carbonyl (C=O) groups excluding carboxylic acids is 6. The van der Waals surface area contributed by atoms with E-state index < -0.39 is 60.1 Å². The number of nitrogens with two attached hydrogens (primary N) is 3. The fourth-order valence-corrected chi connectivity index (χ4v) is 8.14. The van der Waals surface area contributed by atoms with Gasteiger partial charge >= 0.3 is 6.03 Å². The Morgan fingerprint density at radius 2 is 1.43 bits per heavy atom. The highest BCUT2D eigenvalue weighted by molar-refractivity contribution is 5.96. The van der Waals surface area contributed by atoms with E-state index in [1.54, 1.807) is 13.1 Å². The fourth-order valence-electron chi connectivity index (χ4n) is 8.14. The van der Waals surface area contributed by atoms with Gasteiger partial charge in [-0.1, -0.05) is 97.4 Å². The first-order valence-electron chi connectivity index (χ1n) is 22.1. The molecule has 15 heteroatoms. The summed E-state index contributed by atoms with van der Waals surface area (Å²) in [7, 11) is 0. The summed E-state index contributed by atoms with van der Waals surface area (Å²) in [5, 5.41) is 8.45. The molecule has 0 fully saturated rings. The highest BCUT2D eigenvalue weighted by Crippen LogP contribution is 2.24. The summed E-state index contributed by atoms with van der Waals surface area (Å²) in [6.45, 7) is 1.53. The Balaban J connectivity index is 1.23. The quantitative estimate of drug-likeness (QED) is 0.0389. The van der Waals surface area contributed by atoms with Crippen LogP contribution in [0.5, 0.6) is 0 Å². The number of primary amides is 1. The van der Waals surface area contributed by atoms with Crippen molar-refractivity contribution in [1.29, 1.82) is 0 Å². The number of urea groups is 1. The minimum absolute atomic E-state index is 0.0131. The number of aromatic nitrogens is 3. The zero-order valence-electron chi connectivity index (χ0n) is 36.7. The molecule has 0 bridgehead atoms. The lowest BCUT2D eigenvalue weighted by Gasteiger charge is -2.28. The summed E-state index contributed by atoms with van der Waals surface area (Å²) in [5.74, 6) is -3.95. The zero-order chi connectivity index (χ0) is 46.3. The Labute approximate surface area is 378 Å². The van der Waals surface area contributed by atoms with Gasteiger partial charge < -0.3 is 42.7 Å². The average molecular weight is 882 g/mol. The summed E-state index contributed by atoms with van der Waals surface area (Å²) in [5.41, 5.74) is 21.7. The van der Waals surface area contributed by atoms with Crippen LogP contribution in [-0.2, 0) is 49.8 Å². The number of fused-ring (bicyclic) bond motifs is 2. The van der Waals surface area contributed by atoms with Crippen molar-refractivity contribution in [2.75, 3.05) is 13.1 Å². The number of H-pyrrole nitrogens is 2. The van der Waals surface area contributed by atoms with Crippen LogP contribution < -0.4 is 27.8 Å². The van der Waals surface area contributed by atoms with E-state index >= 15 is 0 Å². The number of carbonyl (C=O) groups is 6. The second kappa shape index (κ2) is 23.1. The number of nitrogens with zero attached hydrogens (tertiary/aromatic N) is 2. The van der Waals surface area contributed by atoms with Crippen LogP contribution in [0, 0.1) is 11.8 Å². The van der Waals surface area contributed by atoms with Gasteiger partial charge in [0.2, 0.25) is 11.8 Å². The molecule has 0 aliphatic carbocycles. The lowest BCUT2D eigenvalue weighted by molar-refractivity contribution is -0.132. The fraction of sp³-hybridized carbons (Fsp3) is 0.340. The van der Waals surface area contributed by atoms with E-state index in [1.807, 2.05) is 103 Å². The predicted octanol–water partition coefficient (Wildman–Crippen LogP) is 4.82. The third kappa shape index (κ3) is 13.3. The van der Waals surface area contributed by atoms with Gasteiger partial charge in [0.1, 0.15) is 0 Å². The molecule has 5 atom stereocenters. The minimum Gasteiger partial charge on any atom is -0.369 e. The highest BCUT2D eigenvalue weighted by atomic mass is 16.2. The van der Waals surface area contributed by atoms with Crippen molar-refractivity contribution in [3.8, 4) is 0 Å². The van der Waals surface area contributed by atoms with Crippen LogP contribution in [-0.4, -0.2) is 86.3 Å². The third-order valence-electron chi connectivity index (χ3n) is 11.9. The summed E-state index contributed by atoms with van der Waals surface area (Å²) in [6.07, 6.45) is 6.73. The number of hydrogen-bond donors (Lipinski definition) is 7. The smallest absolute Gasteiger partial charge is 0.318 e. The van der Waals surface area contributed by atoms with E-state index in [-0.39, 0.29) is 50.2 Å². The number of imidazole rings is 1. The van der Waals surface area contributed by atoms with E-state index in [1.165, 1.54) is 11.2 Å². The number of unbranched alkanes of at least 4 members (excludes halogenated alkanes) is 1. The Morgan fingerprint density at radius 1 is 0.723 bits per heavy atom. The van der Waals surface area contributed by atoms with E-state index in [0.29, 0.717) is 31.5 Å². The molecule has 6 rings (SSSR count). The Kier molecular flexibility index (Phi) is 16.9. The molecule has 4 amide bonds. The summed E-state index contributed by atoms with van der Waals surface area (Å²) in [6, 6.07) is 26.4. The summed E-state index contributed by atoms with van der Waals surface area (Å²) < 4.78 is 0. The molecule has 0 aliphatic rings. The van der Waals surface area contributed by atoms with E-state index in [2.05, 4.69) is 25.6 Å². The van der Waals surface area contributed by atoms with Crippen molar-refractivity contribution < 1.29 is 28.8 Å². The average Bonchev–Trinajstić information content (AvgIpc) is 3.98. The van der Waals surface area contributed by atoms with Crippen LogP contribution in [0.1, 0.15) is 61.4 Å². The van der Waals surface area contributed by atoms with E-state index in [0.717, 1.165) is 38.4 Å². The lowest BCUT2D eigenvalue weighted by Crippen LogP contribution is -2.52. The number of amides is 4. The number of nitrogens with one attached hydrogen (secondary N) is 4. The van der Waals surface area contributed by atoms with Crippen LogP contribution in [0.4, 0.5) is 4.79 Å². The topological polar surface area (TPSA) is 252 Å². The van der Waals surface area contributed by atoms with Crippen LogP contribution in [0.15, 0.2) is 116 Å². The molecule has 15 nitrogen and oxygen atoms in total. The standard InChI is InChI=1S/C50H59N9O6/c1-32(57-49(64)37(23-38-27-55-43-20-8-7-19-41(38)43)25-45(60)42(52)26-39-28-54-31-56-39)47(62)30-59(29-36-17-11-16-34-14-5-6-18-40(34)36)50(65)58-44(22-33-12-3-2-4-13-33)46(61)24-35(48(53)63)15-9-10-21-51/h2-8,11-14,16-20,27-28,31-32,35,37,42,44,55H,9-10,15,21-26,29-30,51-52H2,1H3,(H2,53,63)(H,54,56)(H,57,64)(H,58,65)/t32-,35+,37-,42-,44+/m0/s1. The summed E-state index contributed by atoms with van der Waals surface area (Å²) in [4.78, 5) is 94.6. The van der Waals surface area contributed by atoms with Crippen LogP contribution >= 0.6 is 0 Å². The summed E-state index contributed by atoms with van der Waals surface area (Å²) >= 11 is 0. The number of rotatable bonds is 25.